The van der Waals surface area contributed by atoms with Crippen molar-refractivity contribution in [2.24, 2.45) is 5.92 Å². The van der Waals surface area contributed by atoms with E-state index in [-0.39, 0.29) is 0 Å². The van der Waals surface area contributed by atoms with Crippen LogP contribution in [0.25, 0.3) is 0 Å². The van der Waals surface area contributed by atoms with Crippen molar-refractivity contribution in [3.63, 3.8) is 0 Å². The maximum absolute atomic E-state index is 3.61. The molecule has 0 unspecified atom stereocenters. The van der Waals surface area contributed by atoms with Gasteiger partial charge in [-0.05, 0) is 56.7 Å². The first kappa shape index (κ1) is 9.57. The van der Waals surface area contributed by atoms with Crippen LogP contribution in [0.5, 0.6) is 0 Å². The van der Waals surface area contributed by atoms with Gasteiger partial charge in [0.2, 0.25) is 0 Å². The van der Waals surface area contributed by atoms with Crippen LogP contribution in [0.1, 0.15) is 30.9 Å². The number of nitrogens with one attached hydrogen (secondary N) is 1. The highest BCUT2D eigenvalue weighted by Gasteiger charge is 2.27. The molecule has 1 saturated carbocycles. The summed E-state index contributed by atoms with van der Waals surface area (Å²) in [5, 5.41) is 3.61. The van der Waals surface area contributed by atoms with Crippen molar-refractivity contribution in [1.82, 2.24) is 0 Å². The smallest absolute Gasteiger partial charge is 0.0374 e. The average molecular weight is 189 g/mol. The number of hydrogen-bond acceptors (Lipinski definition) is 1. The molecule has 0 spiro atoms. The van der Waals surface area contributed by atoms with Gasteiger partial charge in [0, 0.05) is 11.7 Å². The summed E-state index contributed by atoms with van der Waals surface area (Å²) in [6.45, 7) is 6.60. The molecule has 0 amide bonds. The lowest BCUT2D eigenvalue weighted by Gasteiger charge is -2.16. The second kappa shape index (κ2) is 3.64. The SMILES string of the molecule is Cc1ccc(C)c(N[C@H](C)C2CC2)c1. The molecule has 0 radical (unpaired) electrons. The highest BCUT2D eigenvalue weighted by molar-refractivity contribution is 5.53. The van der Waals surface area contributed by atoms with Gasteiger partial charge in [-0.15, -0.1) is 0 Å². The number of aryl methyl sites for hydroxylation is 2. The van der Waals surface area contributed by atoms with Gasteiger partial charge in [-0.2, -0.15) is 0 Å². The predicted molar refractivity (Wildman–Crippen MR) is 61.7 cm³/mol. The summed E-state index contributed by atoms with van der Waals surface area (Å²) in [5.74, 6) is 0.912. The summed E-state index contributed by atoms with van der Waals surface area (Å²) in [6.07, 6.45) is 2.80. The number of anilines is 1. The highest BCUT2D eigenvalue weighted by Crippen LogP contribution is 2.34. The minimum Gasteiger partial charge on any atom is -0.382 e. The number of hydrogen-bond donors (Lipinski definition) is 1. The first-order chi connectivity index (χ1) is 6.66. The van der Waals surface area contributed by atoms with Crippen LogP contribution in [-0.4, -0.2) is 6.04 Å². The molecule has 14 heavy (non-hydrogen) atoms. The molecule has 1 nitrogen and oxygen atoms in total. The third-order valence-corrected chi connectivity index (χ3v) is 3.11. The fourth-order valence-electron chi connectivity index (χ4n) is 1.85. The van der Waals surface area contributed by atoms with Crippen molar-refractivity contribution < 1.29 is 0 Å². The molecule has 1 aromatic rings. The van der Waals surface area contributed by atoms with Gasteiger partial charge in [-0.25, -0.2) is 0 Å². The standard InChI is InChI=1S/C13H19N/c1-9-4-5-10(2)13(8-9)14-11(3)12-6-7-12/h4-5,8,11-12,14H,6-7H2,1-3H3/t11-/m1/s1. The van der Waals surface area contributed by atoms with Crippen molar-refractivity contribution in [3.8, 4) is 0 Å². The Kier molecular flexibility index (Phi) is 2.49. The molecule has 1 heteroatoms. The summed E-state index contributed by atoms with van der Waals surface area (Å²) in [4.78, 5) is 0. The van der Waals surface area contributed by atoms with E-state index in [4.69, 9.17) is 0 Å². The summed E-state index contributed by atoms with van der Waals surface area (Å²) in [7, 11) is 0. The summed E-state index contributed by atoms with van der Waals surface area (Å²) >= 11 is 0. The second-order valence-electron chi connectivity index (χ2n) is 4.59. The first-order valence-electron chi connectivity index (χ1n) is 5.50. The van der Waals surface area contributed by atoms with Gasteiger partial charge in [0.05, 0.1) is 0 Å². The molecule has 0 aliphatic heterocycles. The largest absolute Gasteiger partial charge is 0.382 e. The molecular formula is C13H19N. The quantitative estimate of drug-likeness (QED) is 0.767. The molecule has 0 saturated heterocycles. The van der Waals surface area contributed by atoms with E-state index in [2.05, 4.69) is 44.3 Å². The van der Waals surface area contributed by atoms with Crippen molar-refractivity contribution in [3.05, 3.63) is 29.3 Å². The van der Waals surface area contributed by atoms with Gasteiger partial charge in [-0.3, -0.25) is 0 Å². The predicted octanol–water partition coefficient (Wildman–Crippen LogP) is 3.51. The van der Waals surface area contributed by atoms with Gasteiger partial charge in [0.1, 0.15) is 0 Å². The van der Waals surface area contributed by atoms with E-state index < -0.39 is 0 Å². The van der Waals surface area contributed by atoms with Gasteiger partial charge < -0.3 is 5.32 Å². The Morgan fingerprint density at radius 3 is 2.64 bits per heavy atom. The van der Waals surface area contributed by atoms with Crippen molar-refractivity contribution in [2.45, 2.75) is 39.7 Å². The Hall–Kier alpha value is -0.980. The Morgan fingerprint density at radius 2 is 2.00 bits per heavy atom. The third-order valence-electron chi connectivity index (χ3n) is 3.11. The molecule has 1 fully saturated rings. The zero-order valence-electron chi connectivity index (χ0n) is 9.30. The molecule has 76 valence electrons. The van der Waals surface area contributed by atoms with Crippen LogP contribution in [0.4, 0.5) is 5.69 Å². The van der Waals surface area contributed by atoms with E-state index in [0.717, 1.165) is 5.92 Å². The summed E-state index contributed by atoms with van der Waals surface area (Å²) < 4.78 is 0. The normalized spacial score (nSPS) is 17.9. The topological polar surface area (TPSA) is 12.0 Å². The average Bonchev–Trinajstić information content (AvgIpc) is 2.94. The number of rotatable bonds is 3. The Labute approximate surface area is 86.5 Å². The zero-order valence-corrected chi connectivity index (χ0v) is 9.30. The molecule has 0 aromatic heterocycles. The molecule has 0 heterocycles. The van der Waals surface area contributed by atoms with Crippen LogP contribution in [0.2, 0.25) is 0 Å². The minimum absolute atomic E-state index is 0.635. The second-order valence-corrected chi connectivity index (χ2v) is 4.59. The van der Waals surface area contributed by atoms with E-state index in [1.807, 2.05) is 0 Å². The van der Waals surface area contributed by atoms with Gasteiger partial charge in [-0.1, -0.05) is 12.1 Å². The van der Waals surface area contributed by atoms with E-state index in [0.29, 0.717) is 6.04 Å². The van der Waals surface area contributed by atoms with Crippen molar-refractivity contribution in [1.29, 1.82) is 0 Å². The minimum atomic E-state index is 0.635. The van der Waals surface area contributed by atoms with E-state index in [1.54, 1.807) is 0 Å². The molecule has 1 aromatic carbocycles. The molecule has 1 atom stereocenters. The molecule has 2 rings (SSSR count). The lowest BCUT2D eigenvalue weighted by molar-refractivity contribution is 0.693. The van der Waals surface area contributed by atoms with Crippen LogP contribution in [-0.2, 0) is 0 Å². The molecule has 1 aliphatic rings. The fourth-order valence-corrected chi connectivity index (χ4v) is 1.85. The molecule has 1 aliphatic carbocycles. The van der Waals surface area contributed by atoms with Crippen molar-refractivity contribution >= 4 is 5.69 Å². The van der Waals surface area contributed by atoms with Gasteiger partial charge >= 0.3 is 0 Å². The van der Waals surface area contributed by atoms with Crippen molar-refractivity contribution in [2.75, 3.05) is 5.32 Å². The maximum atomic E-state index is 3.61. The van der Waals surface area contributed by atoms with Crippen LogP contribution < -0.4 is 5.32 Å². The monoisotopic (exact) mass is 189 g/mol. The Bertz CT molecular complexity index is 326. The maximum Gasteiger partial charge on any atom is 0.0374 e. The van der Waals surface area contributed by atoms with Crippen LogP contribution in [0, 0.1) is 19.8 Å². The van der Waals surface area contributed by atoms with E-state index >= 15 is 0 Å². The lowest BCUT2D eigenvalue weighted by atomic mass is 10.1. The lowest BCUT2D eigenvalue weighted by Crippen LogP contribution is -2.17. The highest BCUT2D eigenvalue weighted by atomic mass is 14.9. The van der Waals surface area contributed by atoms with Gasteiger partial charge in [0.25, 0.3) is 0 Å². The summed E-state index contributed by atoms with van der Waals surface area (Å²) in [5.41, 5.74) is 3.99. The van der Waals surface area contributed by atoms with E-state index in [1.165, 1.54) is 29.7 Å². The third kappa shape index (κ3) is 2.09. The summed E-state index contributed by atoms with van der Waals surface area (Å²) in [6, 6.07) is 7.24. The van der Waals surface area contributed by atoms with Gasteiger partial charge in [0.15, 0.2) is 0 Å². The zero-order chi connectivity index (χ0) is 10.1. The van der Waals surface area contributed by atoms with Crippen LogP contribution in [0.15, 0.2) is 18.2 Å². The van der Waals surface area contributed by atoms with Crippen LogP contribution >= 0.6 is 0 Å². The Balaban J connectivity index is 2.10. The van der Waals surface area contributed by atoms with E-state index in [9.17, 15) is 0 Å². The number of benzene rings is 1. The molecule has 0 bridgehead atoms. The molecule has 1 N–H and O–H groups in total. The molecular weight excluding hydrogens is 170 g/mol. The first-order valence-corrected chi connectivity index (χ1v) is 5.50. The Morgan fingerprint density at radius 1 is 1.29 bits per heavy atom. The van der Waals surface area contributed by atoms with Crippen LogP contribution in [0.3, 0.4) is 0 Å². The fraction of sp³-hybridized carbons (Fsp3) is 0.538.